The predicted molar refractivity (Wildman–Crippen MR) is 71.0 cm³/mol. The topological polar surface area (TPSA) is 42.4 Å². The van der Waals surface area contributed by atoms with Gasteiger partial charge >= 0.3 is 5.97 Å². The summed E-state index contributed by atoms with van der Waals surface area (Å²) in [5.41, 5.74) is 0.433. The Labute approximate surface area is 107 Å². The number of ether oxygens (including phenoxy) is 1. The molecule has 1 rings (SSSR count). The maximum absolute atomic E-state index is 11.5. The van der Waals surface area contributed by atoms with Crippen molar-refractivity contribution in [2.75, 3.05) is 19.1 Å². The highest BCUT2D eigenvalue weighted by molar-refractivity contribution is 7.15. The van der Waals surface area contributed by atoms with Gasteiger partial charge in [0.25, 0.3) is 0 Å². The van der Waals surface area contributed by atoms with Crippen LogP contribution in [0.3, 0.4) is 0 Å². The van der Waals surface area contributed by atoms with E-state index in [2.05, 4.69) is 23.7 Å². The number of carbonyl (C=O) groups is 1. The van der Waals surface area contributed by atoms with E-state index in [1.807, 2.05) is 14.0 Å². The molecule has 1 aromatic heterocycles. The molecular weight excluding hydrogens is 236 g/mol. The van der Waals surface area contributed by atoms with Crippen molar-refractivity contribution in [1.82, 2.24) is 4.98 Å². The van der Waals surface area contributed by atoms with E-state index in [9.17, 15) is 4.79 Å². The quantitative estimate of drug-likeness (QED) is 0.760. The zero-order valence-electron chi connectivity index (χ0n) is 11.1. The van der Waals surface area contributed by atoms with Crippen molar-refractivity contribution < 1.29 is 9.53 Å². The van der Waals surface area contributed by atoms with Crippen LogP contribution in [0.25, 0.3) is 0 Å². The third kappa shape index (κ3) is 3.19. The number of methoxy groups -OCH3 is 1. The van der Waals surface area contributed by atoms with E-state index in [-0.39, 0.29) is 5.97 Å². The van der Waals surface area contributed by atoms with Crippen molar-refractivity contribution in [2.45, 2.75) is 39.7 Å². The first-order valence-corrected chi connectivity index (χ1v) is 6.61. The minimum Gasteiger partial charge on any atom is -0.464 e. The molecule has 0 radical (unpaired) electrons. The van der Waals surface area contributed by atoms with E-state index in [4.69, 9.17) is 4.74 Å². The maximum Gasteiger partial charge on any atom is 0.357 e. The summed E-state index contributed by atoms with van der Waals surface area (Å²) in [5, 5.41) is 0.879. The molecule has 96 valence electrons. The zero-order chi connectivity index (χ0) is 13.0. The number of aromatic nitrogens is 1. The number of nitrogens with zero attached hydrogens (tertiary/aromatic N) is 2. The van der Waals surface area contributed by atoms with Gasteiger partial charge in [0.05, 0.1) is 7.11 Å². The van der Waals surface area contributed by atoms with Crippen molar-refractivity contribution >= 4 is 22.4 Å². The van der Waals surface area contributed by atoms with Crippen LogP contribution in [0.1, 0.15) is 42.1 Å². The van der Waals surface area contributed by atoms with Crippen molar-refractivity contribution in [2.24, 2.45) is 0 Å². The molecule has 0 aliphatic heterocycles. The first-order valence-electron chi connectivity index (χ1n) is 5.79. The summed E-state index contributed by atoms with van der Waals surface area (Å²) in [6.45, 7) is 6.22. The SMILES string of the molecule is CCCC(C)N(C)c1nc(C(=O)OC)c(C)s1. The van der Waals surface area contributed by atoms with Crippen LogP contribution >= 0.6 is 11.3 Å². The fourth-order valence-electron chi connectivity index (χ4n) is 1.62. The molecule has 0 bridgehead atoms. The number of hydrogen-bond acceptors (Lipinski definition) is 5. The predicted octanol–water partition coefficient (Wildman–Crippen LogP) is 2.86. The molecule has 5 heteroatoms. The normalized spacial score (nSPS) is 12.3. The molecule has 1 atom stereocenters. The summed E-state index contributed by atoms with van der Waals surface area (Å²) in [5.74, 6) is -0.360. The van der Waals surface area contributed by atoms with E-state index in [0.717, 1.165) is 22.9 Å². The lowest BCUT2D eigenvalue weighted by atomic mass is 10.2. The van der Waals surface area contributed by atoms with Crippen molar-refractivity contribution in [3.05, 3.63) is 10.6 Å². The molecule has 1 heterocycles. The molecule has 1 aromatic rings. The molecule has 0 aromatic carbocycles. The third-order valence-corrected chi connectivity index (χ3v) is 3.89. The van der Waals surface area contributed by atoms with Crippen LogP contribution in [0, 0.1) is 6.92 Å². The van der Waals surface area contributed by atoms with Gasteiger partial charge in [-0.1, -0.05) is 13.3 Å². The molecule has 0 aliphatic carbocycles. The molecule has 0 spiro atoms. The molecule has 0 fully saturated rings. The highest BCUT2D eigenvalue weighted by Crippen LogP contribution is 2.27. The van der Waals surface area contributed by atoms with Gasteiger partial charge < -0.3 is 9.64 Å². The van der Waals surface area contributed by atoms with Gasteiger partial charge in [0.2, 0.25) is 0 Å². The number of hydrogen-bond donors (Lipinski definition) is 0. The van der Waals surface area contributed by atoms with Gasteiger partial charge in [-0.15, -0.1) is 11.3 Å². The second kappa shape index (κ2) is 6.00. The largest absolute Gasteiger partial charge is 0.464 e. The second-order valence-corrected chi connectivity index (χ2v) is 5.32. The molecule has 0 saturated heterocycles. The van der Waals surface area contributed by atoms with Crippen LogP contribution in [0.5, 0.6) is 0 Å². The average Bonchev–Trinajstić information content (AvgIpc) is 2.69. The van der Waals surface area contributed by atoms with Crippen LogP contribution in [-0.4, -0.2) is 31.2 Å². The van der Waals surface area contributed by atoms with E-state index in [1.165, 1.54) is 18.4 Å². The maximum atomic E-state index is 11.5. The number of anilines is 1. The lowest BCUT2D eigenvalue weighted by Gasteiger charge is -2.23. The van der Waals surface area contributed by atoms with Crippen molar-refractivity contribution in [1.29, 1.82) is 0 Å². The first kappa shape index (κ1) is 14.0. The van der Waals surface area contributed by atoms with Crippen LogP contribution in [0.2, 0.25) is 0 Å². The zero-order valence-corrected chi connectivity index (χ0v) is 11.9. The standard InChI is InChI=1S/C12H20N2O2S/c1-6-7-8(2)14(4)12-13-10(9(3)17-12)11(15)16-5/h8H,6-7H2,1-5H3. The minimum atomic E-state index is -0.360. The highest BCUT2D eigenvalue weighted by Gasteiger charge is 2.19. The molecule has 0 aliphatic rings. The van der Waals surface area contributed by atoms with Gasteiger partial charge in [-0.3, -0.25) is 0 Å². The number of carbonyl (C=O) groups excluding carboxylic acids is 1. The molecular formula is C12H20N2O2S. The lowest BCUT2D eigenvalue weighted by molar-refractivity contribution is 0.0594. The van der Waals surface area contributed by atoms with E-state index >= 15 is 0 Å². The molecule has 0 amide bonds. The molecule has 1 unspecified atom stereocenters. The van der Waals surface area contributed by atoms with Crippen LogP contribution in [0.4, 0.5) is 5.13 Å². The fourth-order valence-corrected chi connectivity index (χ4v) is 2.58. The van der Waals surface area contributed by atoms with Gasteiger partial charge in [0, 0.05) is 18.0 Å². The Morgan fingerprint density at radius 3 is 2.76 bits per heavy atom. The van der Waals surface area contributed by atoms with E-state index < -0.39 is 0 Å². The average molecular weight is 256 g/mol. The van der Waals surface area contributed by atoms with Gasteiger partial charge in [-0.2, -0.15) is 0 Å². The number of aryl methyl sites for hydroxylation is 1. The lowest BCUT2D eigenvalue weighted by Crippen LogP contribution is -2.28. The van der Waals surface area contributed by atoms with Gasteiger partial charge in [0.15, 0.2) is 10.8 Å². The summed E-state index contributed by atoms with van der Waals surface area (Å²) < 4.78 is 4.70. The molecule has 0 N–H and O–H groups in total. The Bertz CT molecular complexity index is 390. The Morgan fingerprint density at radius 1 is 1.59 bits per heavy atom. The number of rotatable bonds is 5. The smallest absolute Gasteiger partial charge is 0.357 e. The third-order valence-electron chi connectivity index (χ3n) is 2.83. The highest BCUT2D eigenvalue weighted by atomic mass is 32.1. The summed E-state index contributed by atoms with van der Waals surface area (Å²) >= 11 is 1.53. The van der Waals surface area contributed by atoms with Crippen LogP contribution in [-0.2, 0) is 4.74 Å². The summed E-state index contributed by atoms with van der Waals surface area (Å²) in [6, 6.07) is 0.427. The minimum absolute atomic E-state index is 0.360. The second-order valence-electron chi connectivity index (χ2n) is 4.14. The summed E-state index contributed by atoms with van der Waals surface area (Å²) in [6.07, 6.45) is 2.25. The van der Waals surface area contributed by atoms with Crippen LogP contribution < -0.4 is 4.90 Å². The Balaban J connectivity index is 2.89. The molecule has 17 heavy (non-hydrogen) atoms. The Kier molecular flexibility index (Phi) is 4.93. The van der Waals surface area contributed by atoms with Crippen molar-refractivity contribution in [3.8, 4) is 0 Å². The van der Waals surface area contributed by atoms with Crippen LogP contribution in [0.15, 0.2) is 0 Å². The number of thiazole rings is 1. The van der Waals surface area contributed by atoms with Crippen molar-refractivity contribution in [3.63, 3.8) is 0 Å². The van der Waals surface area contributed by atoms with E-state index in [0.29, 0.717) is 11.7 Å². The number of esters is 1. The first-order chi connectivity index (χ1) is 8.01. The monoisotopic (exact) mass is 256 g/mol. The van der Waals surface area contributed by atoms with Gasteiger partial charge in [0.1, 0.15) is 0 Å². The van der Waals surface area contributed by atoms with Gasteiger partial charge in [-0.25, -0.2) is 9.78 Å². The Morgan fingerprint density at radius 2 is 2.24 bits per heavy atom. The molecule has 0 saturated carbocycles. The Hall–Kier alpha value is -1.10. The van der Waals surface area contributed by atoms with Gasteiger partial charge in [-0.05, 0) is 20.3 Å². The van der Waals surface area contributed by atoms with E-state index in [1.54, 1.807) is 0 Å². The fraction of sp³-hybridized carbons (Fsp3) is 0.667. The summed E-state index contributed by atoms with van der Waals surface area (Å²) in [7, 11) is 3.39. The summed E-state index contributed by atoms with van der Waals surface area (Å²) in [4.78, 5) is 18.8. The molecule has 4 nitrogen and oxygen atoms in total.